The third kappa shape index (κ3) is 3.18. The summed E-state index contributed by atoms with van der Waals surface area (Å²) in [6.07, 6.45) is 0. The van der Waals surface area contributed by atoms with Gasteiger partial charge >= 0.3 is 0 Å². The number of benzene rings is 1. The summed E-state index contributed by atoms with van der Waals surface area (Å²) in [5, 5.41) is 0. The highest BCUT2D eigenvalue weighted by Gasteiger charge is 2.21. The smallest absolute Gasteiger partial charge is 0.243 e. The van der Waals surface area contributed by atoms with Crippen LogP contribution in [0.2, 0.25) is 0 Å². The van der Waals surface area contributed by atoms with E-state index in [0.717, 1.165) is 4.31 Å². The van der Waals surface area contributed by atoms with Crippen LogP contribution in [0.5, 0.6) is 5.75 Å². The van der Waals surface area contributed by atoms with Gasteiger partial charge in [-0.25, -0.2) is 8.42 Å². The average molecular weight is 258 g/mol. The lowest BCUT2D eigenvalue weighted by molar-refractivity contribution is -0.118. The molecular weight excluding hydrogens is 244 g/mol. The normalized spacial score (nSPS) is 11.5. The molecule has 0 aromatic heterocycles. The summed E-state index contributed by atoms with van der Waals surface area (Å²) in [5.41, 5.74) is 4.95. The van der Waals surface area contributed by atoms with Gasteiger partial charge in [0.25, 0.3) is 0 Å². The van der Waals surface area contributed by atoms with Gasteiger partial charge in [-0.05, 0) is 24.3 Å². The molecule has 0 aliphatic carbocycles. The van der Waals surface area contributed by atoms with Gasteiger partial charge in [0.15, 0.2) is 0 Å². The second-order valence-electron chi connectivity index (χ2n) is 3.40. The Morgan fingerprint density at radius 2 is 1.88 bits per heavy atom. The lowest BCUT2D eigenvalue weighted by atomic mass is 10.3. The first-order valence-electron chi connectivity index (χ1n) is 4.76. The number of nitrogens with two attached hydrogens (primary N) is 1. The van der Waals surface area contributed by atoms with Crippen molar-refractivity contribution in [2.75, 3.05) is 20.7 Å². The van der Waals surface area contributed by atoms with Gasteiger partial charge in [0.2, 0.25) is 15.9 Å². The fourth-order valence-corrected chi connectivity index (χ4v) is 2.37. The van der Waals surface area contributed by atoms with Crippen LogP contribution in [0.1, 0.15) is 0 Å². The molecule has 0 heterocycles. The maximum atomic E-state index is 11.9. The molecule has 0 spiro atoms. The van der Waals surface area contributed by atoms with Crippen LogP contribution in [-0.2, 0) is 14.8 Å². The minimum absolute atomic E-state index is 0.0852. The zero-order valence-electron chi connectivity index (χ0n) is 9.58. The largest absolute Gasteiger partial charge is 0.497 e. The number of likely N-dealkylation sites (N-methyl/N-ethyl adjacent to an activating group) is 1. The summed E-state index contributed by atoms with van der Waals surface area (Å²) in [6, 6.07) is 5.88. The number of sulfonamides is 1. The number of nitrogens with zero attached hydrogens (tertiary/aromatic N) is 1. The monoisotopic (exact) mass is 258 g/mol. The Morgan fingerprint density at radius 3 is 2.29 bits per heavy atom. The number of hydrogen-bond acceptors (Lipinski definition) is 4. The Bertz CT molecular complexity index is 496. The Balaban J connectivity index is 3.00. The molecule has 1 amide bonds. The number of hydrogen-bond donors (Lipinski definition) is 1. The number of methoxy groups -OCH3 is 1. The van der Waals surface area contributed by atoms with Crippen LogP contribution in [0.25, 0.3) is 0 Å². The quantitative estimate of drug-likeness (QED) is 0.792. The van der Waals surface area contributed by atoms with Crippen LogP contribution in [0.15, 0.2) is 29.2 Å². The first kappa shape index (κ1) is 13.5. The maximum Gasteiger partial charge on any atom is 0.243 e. The molecule has 6 nitrogen and oxygen atoms in total. The van der Waals surface area contributed by atoms with Crippen LogP contribution in [-0.4, -0.2) is 39.3 Å². The second-order valence-corrected chi connectivity index (χ2v) is 5.45. The van der Waals surface area contributed by atoms with Crippen LogP contribution >= 0.6 is 0 Å². The number of carbonyl (C=O) groups excluding carboxylic acids is 1. The van der Waals surface area contributed by atoms with E-state index in [9.17, 15) is 13.2 Å². The SMILES string of the molecule is COc1ccc(S(=O)(=O)N(C)CC(N)=O)cc1. The van der Waals surface area contributed by atoms with Crippen molar-refractivity contribution < 1.29 is 17.9 Å². The molecule has 1 rings (SSSR count). The molecule has 0 saturated carbocycles. The van der Waals surface area contributed by atoms with Crippen LogP contribution < -0.4 is 10.5 Å². The molecule has 94 valence electrons. The molecule has 0 atom stereocenters. The minimum atomic E-state index is -3.68. The number of ether oxygens (including phenoxy) is 1. The molecule has 1 aromatic carbocycles. The van der Waals surface area contributed by atoms with Crippen molar-refractivity contribution in [1.82, 2.24) is 4.31 Å². The molecule has 0 aliphatic rings. The van der Waals surface area contributed by atoms with E-state index in [-0.39, 0.29) is 11.4 Å². The molecule has 1 aromatic rings. The fraction of sp³-hybridized carbons (Fsp3) is 0.300. The third-order valence-corrected chi connectivity index (χ3v) is 3.96. The van der Waals surface area contributed by atoms with Gasteiger partial charge in [0.05, 0.1) is 18.6 Å². The molecule has 0 radical (unpaired) electrons. The highest BCUT2D eigenvalue weighted by molar-refractivity contribution is 7.89. The summed E-state index contributed by atoms with van der Waals surface area (Å²) < 4.78 is 29.7. The maximum absolute atomic E-state index is 11.9. The number of amides is 1. The predicted octanol–water partition coefficient (Wildman–Crippen LogP) is -0.199. The van der Waals surface area contributed by atoms with Gasteiger partial charge in [0, 0.05) is 7.05 Å². The molecule has 17 heavy (non-hydrogen) atoms. The highest BCUT2D eigenvalue weighted by Crippen LogP contribution is 2.18. The van der Waals surface area contributed by atoms with E-state index >= 15 is 0 Å². The summed E-state index contributed by atoms with van der Waals surface area (Å²) in [7, 11) is -0.897. The van der Waals surface area contributed by atoms with Crippen molar-refractivity contribution in [3.63, 3.8) is 0 Å². The third-order valence-electron chi connectivity index (χ3n) is 2.15. The first-order valence-corrected chi connectivity index (χ1v) is 6.20. The minimum Gasteiger partial charge on any atom is -0.497 e. The Hall–Kier alpha value is -1.60. The van der Waals surface area contributed by atoms with Crippen LogP contribution in [0, 0.1) is 0 Å². The van der Waals surface area contributed by atoms with Crippen molar-refractivity contribution >= 4 is 15.9 Å². The van der Waals surface area contributed by atoms with Gasteiger partial charge in [-0.15, -0.1) is 0 Å². The number of primary amides is 1. The van der Waals surface area contributed by atoms with Crippen molar-refractivity contribution in [2.45, 2.75) is 4.90 Å². The molecule has 0 fully saturated rings. The Labute approximate surface area is 100 Å². The van der Waals surface area contributed by atoms with Crippen molar-refractivity contribution in [1.29, 1.82) is 0 Å². The standard InChI is InChI=1S/C10H14N2O4S/c1-12(7-10(11)13)17(14,15)9-5-3-8(16-2)4-6-9/h3-6H,7H2,1-2H3,(H2,11,13). The summed E-state index contributed by atoms with van der Waals surface area (Å²) in [6.45, 7) is -0.353. The zero-order valence-corrected chi connectivity index (χ0v) is 10.4. The number of carbonyl (C=O) groups is 1. The lowest BCUT2D eigenvalue weighted by Crippen LogP contribution is -2.35. The van der Waals surface area contributed by atoms with E-state index in [1.165, 1.54) is 38.4 Å². The lowest BCUT2D eigenvalue weighted by Gasteiger charge is -2.15. The van der Waals surface area contributed by atoms with Crippen molar-refractivity contribution in [3.8, 4) is 5.75 Å². The van der Waals surface area contributed by atoms with E-state index in [2.05, 4.69) is 0 Å². The Morgan fingerprint density at radius 1 is 1.35 bits per heavy atom. The summed E-state index contributed by atoms with van der Waals surface area (Å²) in [4.78, 5) is 10.8. The highest BCUT2D eigenvalue weighted by atomic mass is 32.2. The predicted molar refractivity (Wildman–Crippen MR) is 62.0 cm³/mol. The van der Waals surface area contributed by atoms with Crippen molar-refractivity contribution in [2.24, 2.45) is 5.73 Å². The molecule has 0 unspecified atom stereocenters. The molecule has 0 saturated heterocycles. The molecule has 7 heteroatoms. The summed E-state index contributed by atoms with van der Waals surface area (Å²) in [5.74, 6) is -0.147. The number of rotatable bonds is 5. The Kier molecular flexibility index (Phi) is 4.08. The van der Waals surface area contributed by atoms with Gasteiger partial charge in [-0.2, -0.15) is 4.31 Å². The topological polar surface area (TPSA) is 89.7 Å². The zero-order chi connectivity index (χ0) is 13.1. The van der Waals surface area contributed by atoms with E-state index < -0.39 is 15.9 Å². The average Bonchev–Trinajstić information content (AvgIpc) is 2.28. The second kappa shape index (κ2) is 5.15. The molecule has 0 bridgehead atoms. The van der Waals surface area contributed by atoms with Crippen LogP contribution in [0.3, 0.4) is 0 Å². The first-order chi connectivity index (χ1) is 7.87. The van der Waals surface area contributed by atoms with Gasteiger partial charge in [-0.1, -0.05) is 0 Å². The van der Waals surface area contributed by atoms with Crippen molar-refractivity contribution in [3.05, 3.63) is 24.3 Å². The van der Waals surface area contributed by atoms with E-state index in [0.29, 0.717) is 5.75 Å². The van der Waals surface area contributed by atoms with Crippen LogP contribution in [0.4, 0.5) is 0 Å². The molecule has 2 N–H and O–H groups in total. The van der Waals surface area contributed by atoms with Gasteiger partial charge in [-0.3, -0.25) is 4.79 Å². The van der Waals surface area contributed by atoms with Gasteiger partial charge in [0.1, 0.15) is 5.75 Å². The van der Waals surface area contributed by atoms with E-state index in [1.54, 1.807) is 0 Å². The summed E-state index contributed by atoms with van der Waals surface area (Å²) >= 11 is 0. The van der Waals surface area contributed by atoms with E-state index in [4.69, 9.17) is 10.5 Å². The van der Waals surface area contributed by atoms with Gasteiger partial charge < -0.3 is 10.5 Å². The fourth-order valence-electron chi connectivity index (χ4n) is 1.23. The molecular formula is C10H14N2O4S. The molecule has 0 aliphatic heterocycles. The van der Waals surface area contributed by atoms with E-state index in [1.807, 2.05) is 0 Å².